The van der Waals surface area contributed by atoms with Gasteiger partial charge in [0.2, 0.25) is 0 Å². The minimum Gasteiger partial charge on any atom is -0.484 e. The molecule has 1 aromatic carbocycles. The summed E-state index contributed by atoms with van der Waals surface area (Å²) >= 11 is 0. The van der Waals surface area contributed by atoms with Crippen LogP contribution in [0.25, 0.3) is 0 Å². The predicted octanol–water partition coefficient (Wildman–Crippen LogP) is 2.35. The quantitative estimate of drug-likeness (QED) is 0.868. The van der Waals surface area contributed by atoms with Crippen LogP contribution in [0.3, 0.4) is 0 Å². The van der Waals surface area contributed by atoms with Crippen LogP contribution >= 0.6 is 0 Å². The van der Waals surface area contributed by atoms with Gasteiger partial charge >= 0.3 is 0 Å². The average Bonchev–Trinajstić information content (AvgIpc) is 2.77. The fraction of sp³-hybridized carbons (Fsp3) is 0.562. The Morgan fingerprint density at radius 3 is 2.95 bits per heavy atom. The van der Waals surface area contributed by atoms with Crippen LogP contribution in [0.1, 0.15) is 50.8 Å². The number of rotatable bonds is 5. The van der Waals surface area contributed by atoms with E-state index in [-0.39, 0.29) is 24.2 Å². The number of benzene rings is 1. The first-order chi connectivity index (χ1) is 9.41. The summed E-state index contributed by atoms with van der Waals surface area (Å²) < 4.78 is 5.53. The molecule has 0 aromatic heterocycles. The molecule has 1 aliphatic rings. The molecule has 0 saturated carbocycles. The van der Waals surface area contributed by atoms with Gasteiger partial charge in [0.05, 0.1) is 6.10 Å². The van der Waals surface area contributed by atoms with E-state index in [1.54, 1.807) is 0 Å². The van der Waals surface area contributed by atoms with Crippen molar-refractivity contribution in [1.82, 2.24) is 5.32 Å². The molecule has 0 radical (unpaired) electrons. The second kappa shape index (κ2) is 5.83. The third-order valence-electron chi connectivity index (χ3n) is 3.89. The summed E-state index contributed by atoms with van der Waals surface area (Å²) in [6.07, 6.45) is 2.15. The maximum Gasteiger partial charge on any atom is 0.258 e. The van der Waals surface area contributed by atoms with Crippen molar-refractivity contribution in [3.8, 4) is 5.75 Å². The van der Waals surface area contributed by atoms with E-state index in [4.69, 9.17) is 4.74 Å². The van der Waals surface area contributed by atoms with Crippen molar-refractivity contribution in [2.24, 2.45) is 0 Å². The lowest BCUT2D eigenvalue weighted by atomic mass is 10.0. The number of carbonyl (C=O) groups is 1. The van der Waals surface area contributed by atoms with E-state index in [0.29, 0.717) is 5.75 Å². The minimum absolute atomic E-state index is 0.0186. The van der Waals surface area contributed by atoms with Crippen molar-refractivity contribution in [1.29, 1.82) is 0 Å². The molecule has 1 atom stereocenters. The van der Waals surface area contributed by atoms with Gasteiger partial charge in [-0.05, 0) is 56.4 Å². The SMILES string of the molecule is CCC(C)(C)NC(=O)COc1ccc2c(c1)CC[C@@H]2O. The van der Waals surface area contributed by atoms with Crippen LogP contribution in [0, 0.1) is 0 Å². The Morgan fingerprint density at radius 2 is 2.25 bits per heavy atom. The second-order valence-corrected chi connectivity index (χ2v) is 5.99. The van der Waals surface area contributed by atoms with E-state index in [0.717, 1.165) is 30.4 Å². The van der Waals surface area contributed by atoms with Crippen molar-refractivity contribution in [2.45, 2.75) is 51.7 Å². The fourth-order valence-electron chi connectivity index (χ4n) is 2.31. The molecule has 20 heavy (non-hydrogen) atoms. The molecular formula is C16H23NO3. The van der Waals surface area contributed by atoms with E-state index in [1.165, 1.54) is 0 Å². The van der Waals surface area contributed by atoms with Crippen LogP contribution in [0.2, 0.25) is 0 Å². The van der Waals surface area contributed by atoms with Crippen LogP contribution in [-0.2, 0) is 11.2 Å². The van der Waals surface area contributed by atoms with Gasteiger partial charge in [-0.15, -0.1) is 0 Å². The van der Waals surface area contributed by atoms with E-state index < -0.39 is 0 Å². The molecule has 4 heteroatoms. The molecule has 2 rings (SSSR count). The lowest BCUT2D eigenvalue weighted by Gasteiger charge is -2.24. The van der Waals surface area contributed by atoms with Gasteiger partial charge in [-0.1, -0.05) is 13.0 Å². The number of ether oxygens (including phenoxy) is 1. The zero-order valence-corrected chi connectivity index (χ0v) is 12.4. The van der Waals surface area contributed by atoms with Crippen LogP contribution < -0.4 is 10.1 Å². The summed E-state index contributed by atoms with van der Waals surface area (Å²) in [7, 11) is 0. The maximum atomic E-state index is 11.8. The largest absolute Gasteiger partial charge is 0.484 e. The topological polar surface area (TPSA) is 58.6 Å². The van der Waals surface area contributed by atoms with E-state index >= 15 is 0 Å². The van der Waals surface area contributed by atoms with Crippen molar-refractivity contribution in [3.05, 3.63) is 29.3 Å². The average molecular weight is 277 g/mol. The van der Waals surface area contributed by atoms with Crippen LogP contribution in [0.15, 0.2) is 18.2 Å². The Bertz CT molecular complexity index is 496. The standard InChI is InChI=1S/C16H23NO3/c1-4-16(2,3)17-15(19)10-20-12-6-7-13-11(9-12)5-8-14(13)18/h6-7,9,14,18H,4-5,8,10H2,1-3H3,(H,17,19)/t14-/m0/s1. The van der Waals surface area contributed by atoms with Crippen LogP contribution in [0.5, 0.6) is 5.75 Å². The number of aryl methyl sites for hydroxylation is 1. The van der Waals surface area contributed by atoms with Crippen LogP contribution in [-0.4, -0.2) is 23.2 Å². The van der Waals surface area contributed by atoms with Gasteiger partial charge in [-0.2, -0.15) is 0 Å². The lowest BCUT2D eigenvalue weighted by molar-refractivity contribution is -0.124. The van der Waals surface area contributed by atoms with Crippen LogP contribution in [0.4, 0.5) is 0 Å². The summed E-state index contributed by atoms with van der Waals surface area (Å²) in [5.41, 5.74) is 1.89. The predicted molar refractivity (Wildman–Crippen MR) is 77.7 cm³/mol. The number of hydrogen-bond acceptors (Lipinski definition) is 3. The maximum absolute atomic E-state index is 11.8. The van der Waals surface area contributed by atoms with E-state index in [2.05, 4.69) is 5.32 Å². The third kappa shape index (κ3) is 3.51. The number of aliphatic hydroxyl groups excluding tert-OH is 1. The number of aliphatic hydroxyl groups is 1. The molecule has 0 bridgehead atoms. The molecule has 0 aliphatic heterocycles. The molecule has 1 aliphatic carbocycles. The number of nitrogens with one attached hydrogen (secondary N) is 1. The molecule has 2 N–H and O–H groups in total. The summed E-state index contributed by atoms with van der Waals surface area (Å²) in [6.45, 7) is 6.03. The summed E-state index contributed by atoms with van der Waals surface area (Å²) in [5.74, 6) is 0.569. The Balaban J connectivity index is 1.90. The monoisotopic (exact) mass is 277 g/mol. The molecule has 0 spiro atoms. The highest BCUT2D eigenvalue weighted by molar-refractivity contribution is 5.78. The fourth-order valence-corrected chi connectivity index (χ4v) is 2.31. The second-order valence-electron chi connectivity index (χ2n) is 5.99. The Kier molecular flexibility index (Phi) is 4.33. The highest BCUT2D eigenvalue weighted by atomic mass is 16.5. The zero-order chi connectivity index (χ0) is 14.8. The highest BCUT2D eigenvalue weighted by Gasteiger charge is 2.21. The highest BCUT2D eigenvalue weighted by Crippen LogP contribution is 2.33. The third-order valence-corrected chi connectivity index (χ3v) is 3.89. The molecule has 0 saturated heterocycles. The first-order valence-corrected chi connectivity index (χ1v) is 7.16. The molecule has 110 valence electrons. The van der Waals surface area contributed by atoms with Gasteiger partial charge in [0.1, 0.15) is 5.75 Å². The van der Waals surface area contributed by atoms with E-state index in [1.807, 2.05) is 39.0 Å². The van der Waals surface area contributed by atoms with Crippen molar-refractivity contribution < 1.29 is 14.6 Å². The summed E-state index contributed by atoms with van der Waals surface area (Å²) in [6, 6.07) is 5.62. The number of carbonyl (C=O) groups excluding carboxylic acids is 1. The van der Waals surface area contributed by atoms with Gasteiger partial charge in [0.25, 0.3) is 5.91 Å². The molecule has 0 unspecified atom stereocenters. The summed E-state index contributed by atoms with van der Waals surface area (Å²) in [4.78, 5) is 11.8. The van der Waals surface area contributed by atoms with Gasteiger partial charge in [0.15, 0.2) is 6.61 Å². The van der Waals surface area contributed by atoms with Gasteiger partial charge in [-0.3, -0.25) is 4.79 Å². The summed E-state index contributed by atoms with van der Waals surface area (Å²) in [5, 5.41) is 12.7. The molecule has 1 amide bonds. The Labute approximate surface area is 120 Å². The molecule has 0 heterocycles. The Morgan fingerprint density at radius 1 is 1.50 bits per heavy atom. The molecule has 1 aromatic rings. The number of fused-ring (bicyclic) bond motifs is 1. The smallest absolute Gasteiger partial charge is 0.258 e. The first-order valence-electron chi connectivity index (χ1n) is 7.16. The first kappa shape index (κ1) is 14.9. The number of amides is 1. The van der Waals surface area contributed by atoms with Gasteiger partial charge < -0.3 is 15.2 Å². The van der Waals surface area contributed by atoms with Crippen molar-refractivity contribution >= 4 is 5.91 Å². The normalized spacial score (nSPS) is 17.7. The van der Waals surface area contributed by atoms with Gasteiger partial charge in [-0.25, -0.2) is 0 Å². The Hall–Kier alpha value is -1.55. The molecule has 4 nitrogen and oxygen atoms in total. The van der Waals surface area contributed by atoms with Crippen molar-refractivity contribution in [2.75, 3.05) is 6.61 Å². The number of hydrogen-bond donors (Lipinski definition) is 2. The minimum atomic E-state index is -0.354. The lowest BCUT2D eigenvalue weighted by Crippen LogP contribution is -2.44. The molecule has 0 fully saturated rings. The van der Waals surface area contributed by atoms with Crippen molar-refractivity contribution in [3.63, 3.8) is 0 Å². The zero-order valence-electron chi connectivity index (χ0n) is 12.4. The molecular weight excluding hydrogens is 254 g/mol. The van der Waals surface area contributed by atoms with E-state index in [9.17, 15) is 9.90 Å². The van der Waals surface area contributed by atoms with Gasteiger partial charge in [0, 0.05) is 5.54 Å².